The van der Waals surface area contributed by atoms with E-state index in [1.165, 1.54) is 18.6 Å². The summed E-state index contributed by atoms with van der Waals surface area (Å²) in [5.74, 6) is 1.45. The predicted octanol–water partition coefficient (Wildman–Crippen LogP) is 6.70. The van der Waals surface area contributed by atoms with Gasteiger partial charge in [-0.3, -0.25) is 4.79 Å². The molecule has 1 heterocycles. The predicted molar refractivity (Wildman–Crippen MR) is 111 cm³/mol. The third-order valence-corrected chi connectivity index (χ3v) is 7.47. The van der Waals surface area contributed by atoms with Crippen molar-refractivity contribution in [2.75, 3.05) is 0 Å². The molecule has 0 spiro atoms. The lowest BCUT2D eigenvalue weighted by Crippen LogP contribution is -2.40. The Morgan fingerprint density at radius 1 is 1.00 bits per heavy atom. The normalized spacial score (nSPS) is 32.4. The Morgan fingerprint density at radius 2 is 1.63 bits per heavy atom. The van der Waals surface area contributed by atoms with E-state index in [2.05, 4.69) is 6.92 Å². The molecule has 1 unspecified atom stereocenters. The third kappa shape index (κ3) is 5.04. The quantitative estimate of drug-likeness (QED) is 0.460. The number of hydrogen-bond donors (Lipinski definition) is 0. The van der Waals surface area contributed by atoms with Gasteiger partial charge in [0.2, 0.25) is 0 Å². The van der Waals surface area contributed by atoms with Crippen molar-refractivity contribution in [3.63, 3.8) is 0 Å². The summed E-state index contributed by atoms with van der Waals surface area (Å²) < 4.78 is 39.9. The summed E-state index contributed by atoms with van der Waals surface area (Å²) >= 11 is 0. The van der Waals surface area contributed by atoms with E-state index < -0.39 is 6.11 Å². The second-order valence-electron chi connectivity index (χ2n) is 9.53. The Morgan fingerprint density at radius 3 is 2.20 bits per heavy atom. The zero-order chi connectivity index (χ0) is 21.1. The van der Waals surface area contributed by atoms with Crippen LogP contribution in [0.4, 0.5) is 8.78 Å². The minimum atomic E-state index is -3.23. The summed E-state index contributed by atoms with van der Waals surface area (Å²) in [6.07, 6.45) is 7.00. The highest BCUT2D eigenvalue weighted by Gasteiger charge is 2.39. The molecule has 166 valence electrons. The smallest absolute Gasteiger partial charge is 0.383 e. The fourth-order valence-corrected chi connectivity index (χ4v) is 5.58. The largest absolute Gasteiger partial charge is 0.461 e. The van der Waals surface area contributed by atoms with E-state index in [1.807, 2.05) is 12.1 Å². The lowest BCUT2D eigenvalue weighted by atomic mass is 9.75. The summed E-state index contributed by atoms with van der Waals surface area (Å²) in [5, 5.41) is 0. The minimum Gasteiger partial charge on any atom is -0.461 e. The first-order valence-corrected chi connectivity index (χ1v) is 11.8. The van der Waals surface area contributed by atoms with Crippen LogP contribution in [0.15, 0.2) is 24.3 Å². The maximum atomic E-state index is 14.7. The average Bonchev–Trinajstić information content (AvgIpc) is 2.73. The van der Waals surface area contributed by atoms with Gasteiger partial charge in [-0.05, 0) is 74.7 Å². The van der Waals surface area contributed by atoms with Gasteiger partial charge in [-0.2, -0.15) is 8.78 Å². The molecule has 3 fully saturated rings. The first kappa shape index (κ1) is 21.7. The first-order chi connectivity index (χ1) is 14.4. The molecule has 1 saturated heterocycles. The van der Waals surface area contributed by atoms with Crippen molar-refractivity contribution in [1.29, 1.82) is 0 Å². The van der Waals surface area contributed by atoms with Gasteiger partial charge in [0.1, 0.15) is 6.10 Å². The summed E-state index contributed by atoms with van der Waals surface area (Å²) in [6, 6.07) is 6.77. The van der Waals surface area contributed by atoms with Crippen LogP contribution in [0.2, 0.25) is 0 Å². The number of hydrogen-bond acceptors (Lipinski definition) is 3. The van der Waals surface area contributed by atoms with Crippen LogP contribution in [0.3, 0.4) is 0 Å². The molecule has 2 aliphatic carbocycles. The van der Waals surface area contributed by atoms with Crippen LogP contribution in [0.25, 0.3) is 0 Å². The van der Waals surface area contributed by atoms with Crippen LogP contribution < -0.4 is 0 Å². The molecular weight excluding hydrogens is 386 g/mol. The molecule has 30 heavy (non-hydrogen) atoms. The summed E-state index contributed by atoms with van der Waals surface area (Å²) in [4.78, 5) is 11.0. The Hall–Kier alpha value is -1.49. The Bertz CT molecular complexity index is 694. The Labute approximate surface area is 178 Å². The highest BCUT2D eigenvalue weighted by molar-refractivity contribution is 5.75. The maximum Gasteiger partial charge on any atom is 0.383 e. The van der Waals surface area contributed by atoms with Crippen LogP contribution in [0.5, 0.6) is 0 Å². The van der Waals surface area contributed by atoms with E-state index in [1.54, 1.807) is 0 Å². The molecule has 3 nitrogen and oxygen atoms in total. The van der Waals surface area contributed by atoms with E-state index in [9.17, 15) is 13.6 Å². The van der Waals surface area contributed by atoms with E-state index in [-0.39, 0.29) is 23.7 Å². The SMILES string of the molecule is CCCC1CCC(OC(F)(F)c2ccc(C3CCC(C4CC(=O)O4)CC3)cc2)CC1. The van der Waals surface area contributed by atoms with Crippen LogP contribution >= 0.6 is 0 Å². The monoisotopic (exact) mass is 420 g/mol. The van der Waals surface area contributed by atoms with Gasteiger partial charge in [-0.1, -0.05) is 44.0 Å². The van der Waals surface area contributed by atoms with Gasteiger partial charge >= 0.3 is 12.1 Å². The number of esters is 1. The fourth-order valence-electron chi connectivity index (χ4n) is 5.58. The first-order valence-electron chi connectivity index (χ1n) is 11.8. The molecule has 2 saturated carbocycles. The average molecular weight is 421 g/mol. The van der Waals surface area contributed by atoms with Gasteiger partial charge in [-0.25, -0.2) is 0 Å². The number of carbonyl (C=O) groups is 1. The van der Waals surface area contributed by atoms with Crippen molar-refractivity contribution in [2.24, 2.45) is 11.8 Å². The van der Waals surface area contributed by atoms with Crippen LogP contribution in [0, 0.1) is 11.8 Å². The van der Waals surface area contributed by atoms with Crippen molar-refractivity contribution >= 4 is 5.97 Å². The lowest BCUT2D eigenvalue weighted by Gasteiger charge is -2.37. The highest BCUT2D eigenvalue weighted by atomic mass is 19.3. The number of halogens is 2. The molecule has 1 aliphatic heterocycles. The van der Waals surface area contributed by atoms with Crippen molar-refractivity contribution in [3.8, 4) is 0 Å². The van der Waals surface area contributed by atoms with Crippen LogP contribution in [0.1, 0.15) is 94.6 Å². The molecule has 0 aromatic heterocycles. The van der Waals surface area contributed by atoms with E-state index in [0.29, 0.717) is 24.2 Å². The fraction of sp³-hybridized carbons (Fsp3) is 0.720. The zero-order valence-corrected chi connectivity index (χ0v) is 18.0. The number of rotatable bonds is 7. The Balaban J connectivity index is 1.28. The zero-order valence-electron chi connectivity index (χ0n) is 18.0. The molecule has 0 N–H and O–H groups in total. The summed E-state index contributed by atoms with van der Waals surface area (Å²) in [6.45, 7) is 2.18. The topological polar surface area (TPSA) is 35.5 Å². The standard InChI is InChI=1S/C25H34F2O3/c1-2-3-17-4-14-22(15-5-17)30-25(26,27)21-12-10-19(11-13-21)18-6-8-20(9-7-18)23-16-24(28)29-23/h10-13,17-18,20,22-23H,2-9,14-16H2,1H3. The van der Waals surface area contributed by atoms with Crippen molar-refractivity contribution in [1.82, 2.24) is 0 Å². The molecule has 3 aliphatic rings. The maximum absolute atomic E-state index is 14.7. The lowest BCUT2D eigenvalue weighted by molar-refractivity contribution is -0.278. The molecule has 5 heteroatoms. The highest BCUT2D eigenvalue weighted by Crippen LogP contribution is 2.41. The van der Waals surface area contributed by atoms with Crippen LogP contribution in [-0.2, 0) is 20.4 Å². The molecule has 4 rings (SSSR count). The minimum absolute atomic E-state index is 0.0444. The van der Waals surface area contributed by atoms with E-state index >= 15 is 0 Å². The number of alkyl halides is 2. The molecular formula is C25H34F2O3. The van der Waals surface area contributed by atoms with Crippen molar-refractivity contribution in [3.05, 3.63) is 35.4 Å². The third-order valence-electron chi connectivity index (χ3n) is 7.47. The van der Waals surface area contributed by atoms with Gasteiger partial charge < -0.3 is 9.47 Å². The number of ether oxygens (including phenoxy) is 2. The second-order valence-corrected chi connectivity index (χ2v) is 9.53. The van der Waals surface area contributed by atoms with Crippen molar-refractivity contribution < 1.29 is 23.0 Å². The molecule has 0 radical (unpaired) electrons. The van der Waals surface area contributed by atoms with E-state index in [4.69, 9.17) is 9.47 Å². The van der Waals surface area contributed by atoms with Gasteiger partial charge in [0, 0.05) is 0 Å². The second kappa shape index (κ2) is 9.33. The van der Waals surface area contributed by atoms with Crippen LogP contribution in [-0.4, -0.2) is 18.2 Å². The van der Waals surface area contributed by atoms with Gasteiger partial charge in [-0.15, -0.1) is 0 Å². The molecule has 0 amide bonds. The number of benzene rings is 1. The van der Waals surface area contributed by atoms with Gasteiger partial charge in [0.25, 0.3) is 0 Å². The van der Waals surface area contributed by atoms with Gasteiger partial charge in [0.05, 0.1) is 18.1 Å². The van der Waals surface area contributed by atoms with E-state index in [0.717, 1.165) is 63.4 Å². The van der Waals surface area contributed by atoms with Crippen molar-refractivity contribution in [2.45, 2.75) is 102 Å². The molecule has 1 aromatic carbocycles. The van der Waals surface area contributed by atoms with Gasteiger partial charge in [0.15, 0.2) is 0 Å². The molecule has 1 aromatic rings. The molecule has 0 bridgehead atoms. The summed E-state index contributed by atoms with van der Waals surface area (Å²) in [7, 11) is 0. The molecule has 1 atom stereocenters. The number of cyclic esters (lactones) is 1. The number of carbonyl (C=O) groups excluding carboxylic acids is 1. The Kier molecular flexibility index (Phi) is 6.76. The summed E-state index contributed by atoms with van der Waals surface area (Å²) in [5.41, 5.74) is 1.08.